The van der Waals surface area contributed by atoms with Gasteiger partial charge in [0.1, 0.15) is 0 Å². The third kappa shape index (κ3) is 8.02. The van der Waals surface area contributed by atoms with E-state index in [0.717, 1.165) is 6.42 Å². The van der Waals surface area contributed by atoms with Crippen LogP contribution in [0.15, 0.2) is 49.0 Å². The molecule has 0 aliphatic carbocycles. The monoisotopic (exact) mass is 380 g/mol. The number of unbranched alkanes of at least 4 members (excludes halogenated alkanes) is 7. The van der Waals surface area contributed by atoms with Crippen LogP contribution in [0.3, 0.4) is 0 Å². The number of hydrogen-bond donors (Lipinski definition) is 0. The van der Waals surface area contributed by atoms with Gasteiger partial charge in [-0.1, -0.05) is 106 Å². The Balaban J connectivity index is 1.72. The van der Waals surface area contributed by atoms with Gasteiger partial charge in [0.15, 0.2) is 0 Å². The number of benzene rings is 2. The van der Waals surface area contributed by atoms with Crippen molar-refractivity contribution in [2.75, 3.05) is 0 Å². The molecule has 1 unspecified atom stereocenters. The summed E-state index contributed by atoms with van der Waals surface area (Å²) in [7, 11) is 2.84. The van der Waals surface area contributed by atoms with Gasteiger partial charge in [-0.3, -0.25) is 0 Å². The van der Waals surface area contributed by atoms with Gasteiger partial charge in [0, 0.05) is 0 Å². The molecular weight excluding hydrogens is 343 g/mol. The molecule has 0 nitrogen and oxygen atoms in total. The Bertz CT molecular complexity index is 697. The second-order valence-corrected chi connectivity index (χ2v) is 8.53. The van der Waals surface area contributed by atoms with Gasteiger partial charge in [0.05, 0.1) is 0 Å². The van der Waals surface area contributed by atoms with Crippen LogP contribution >= 0.6 is 9.24 Å². The van der Waals surface area contributed by atoms with E-state index in [0.29, 0.717) is 0 Å². The summed E-state index contributed by atoms with van der Waals surface area (Å²) in [5.74, 6) is 0. The van der Waals surface area contributed by atoms with Crippen LogP contribution in [0, 0.1) is 6.92 Å². The SMILES string of the molecule is C=C(Cc1ccc(CCCCCCCCCC)cc1)c1ccc(C)cc1P. The molecule has 0 N–H and O–H groups in total. The Morgan fingerprint density at radius 2 is 1.41 bits per heavy atom. The first-order valence-corrected chi connectivity index (χ1v) is 11.3. The normalized spacial score (nSPS) is 10.9. The molecule has 0 saturated carbocycles. The zero-order valence-electron chi connectivity index (χ0n) is 17.4. The molecular formula is C26H37P. The standard InChI is InChI=1S/C26H37P/c1-4-5-6-7-8-9-10-11-12-23-14-16-24(17-15-23)20-22(3)25-18-13-21(2)19-26(25)27/h13-19H,3-12,20,27H2,1-2H3. The van der Waals surface area contributed by atoms with Gasteiger partial charge in [-0.05, 0) is 53.8 Å². The molecule has 146 valence electrons. The summed E-state index contributed by atoms with van der Waals surface area (Å²) in [5, 5.41) is 1.24. The van der Waals surface area contributed by atoms with Crippen molar-refractivity contribution in [3.8, 4) is 0 Å². The number of allylic oxidation sites excluding steroid dienone is 1. The molecule has 0 aliphatic heterocycles. The molecule has 2 rings (SSSR count). The first-order valence-electron chi connectivity index (χ1n) is 10.7. The maximum atomic E-state index is 4.32. The van der Waals surface area contributed by atoms with E-state index in [2.05, 4.69) is 72.1 Å². The van der Waals surface area contributed by atoms with Crippen LogP contribution < -0.4 is 5.30 Å². The summed E-state index contributed by atoms with van der Waals surface area (Å²) in [6.07, 6.45) is 13.2. The molecule has 27 heavy (non-hydrogen) atoms. The molecule has 0 heterocycles. The van der Waals surface area contributed by atoms with Crippen LogP contribution in [-0.2, 0) is 12.8 Å². The maximum absolute atomic E-state index is 4.32. The Morgan fingerprint density at radius 3 is 2.04 bits per heavy atom. The second-order valence-electron chi connectivity index (χ2n) is 7.91. The second kappa shape index (κ2) is 12.1. The lowest BCUT2D eigenvalue weighted by atomic mass is 9.97. The van der Waals surface area contributed by atoms with Crippen LogP contribution in [0.4, 0.5) is 0 Å². The quantitative estimate of drug-likeness (QED) is 0.265. The van der Waals surface area contributed by atoms with Crippen molar-refractivity contribution in [2.45, 2.75) is 78.1 Å². The Hall–Kier alpha value is -1.39. The van der Waals surface area contributed by atoms with Gasteiger partial charge in [-0.15, -0.1) is 9.24 Å². The van der Waals surface area contributed by atoms with E-state index < -0.39 is 0 Å². The Labute approximate surface area is 169 Å². The van der Waals surface area contributed by atoms with Crippen LogP contribution in [0.2, 0.25) is 0 Å². The lowest BCUT2D eigenvalue weighted by Gasteiger charge is -2.11. The zero-order chi connectivity index (χ0) is 19.5. The van der Waals surface area contributed by atoms with Crippen LogP contribution in [-0.4, -0.2) is 0 Å². The van der Waals surface area contributed by atoms with Gasteiger partial charge >= 0.3 is 0 Å². The molecule has 1 atom stereocenters. The number of rotatable bonds is 12. The first-order chi connectivity index (χ1) is 13.1. The van der Waals surface area contributed by atoms with Crippen molar-refractivity contribution in [3.05, 3.63) is 71.3 Å². The summed E-state index contributed by atoms with van der Waals surface area (Å²) < 4.78 is 0. The number of hydrogen-bond acceptors (Lipinski definition) is 0. The van der Waals surface area contributed by atoms with Gasteiger partial charge in [-0.2, -0.15) is 0 Å². The lowest BCUT2D eigenvalue weighted by Crippen LogP contribution is -2.02. The van der Waals surface area contributed by atoms with Crippen molar-refractivity contribution in [3.63, 3.8) is 0 Å². The molecule has 0 fully saturated rings. The minimum Gasteiger partial charge on any atom is -0.105 e. The summed E-state index contributed by atoms with van der Waals surface area (Å²) >= 11 is 0. The summed E-state index contributed by atoms with van der Waals surface area (Å²) in [6, 6.07) is 15.7. The largest absolute Gasteiger partial charge is 0.105 e. The fraction of sp³-hybridized carbons (Fsp3) is 0.462. The molecule has 2 aromatic rings. The molecule has 0 bridgehead atoms. The predicted octanol–water partition coefficient (Wildman–Crippen LogP) is 7.43. The number of aryl methyl sites for hydroxylation is 2. The highest BCUT2D eigenvalue weighted by molar-refractivity contribution is 7.27. The minimum atomic E-state index is 0.919. The summed E-state index contributed by atoms with van der Waals surface area (Å²) in [6.45, 7) is 8.73. The molecule has 0 radical (unpaired) electrons. The average Bonchev–Trinajstić information content (AvgIpc) is 2.65. The third-order valence-corrected chi connectivity index (χ3v) is 5.83. The van der Waals surface area contributed by atoms with E-state index in [1.54, 1.807) is 0 Å². The zero-order valence-corrected chi connectivity index (χ0v) is 18.6. The van der Waals surface area contributed by atoms with Gasteiger partial charge in [0.2, 0.25) is 0 Å². The fourth-order valence-corrected chi connectivity index (χ4v) is 4.20. The van der Waals surface area contributed by atoms with Crippen molar-refractivity contribution in [1.82, 2.24) is 0 Å². The van der Waals surface area contributed by atoms with Crippen molar-refractivity contribution in [2.24, 2.45) is 0 Å². The van der Waals surface area contributed by atoms with Crippen LogP contribution in [0.1, 0.15) is 80.5 Å². The van der Waals surface area contributed by atoms with Crippen molar-refractivity contribution >= 4 is 20.1 Å². The maximum Gasteiger partial charge on any atom is -0.00255 e. The van der Waals surface area contributed by atoms with E-state index in [1.807, 2.05) is 0 Å². The highest BCUT2D eigenvalue weighted by Crippen LogP contribution is 2.20. The highest BCUT2D eigenvalue weighted by Gasteiger charge is 2.05. The molecule has 1 heteroatoms. The van der Waals surface area contributed by atoms with E-state index in [-0.39, 0.29) is 0 Å². The van der Waals surface area contributed by atoms with Crippen molar-refractivity contribution in [1.29, 1.82) is 0 Å². The van der Waals surface area contributed by atoms with Crippen LogP contribution in [0.5, 0.6) is 0 Å². The first kappa shape index (κ1) is 21.9. The van der Waals surface area contributed by atoms with Crippen molar-refractivity contribution < 1.29 is 0 Å². The molecule has 0 amide bonds. The minimum absolute atomic E-state index is 0.919. The fourth-order valence-electron chi connectivity index (χ4n) is 3.63. The summed E-state index contributed by atoms with van der Waals surface area (Å²) in [4.78, 5) is 0. The molecule has 0 aromatic heterocycles. The average molecular weight is 381 g/mol. The van der Waals surface area contributed by atoms with Gasteiger partial charge < -0.3 is 0 Å². The van der Waals surface area contributed by atoms with Crippen LogP contribution in [0.25, 0.3) is 5.57 Å². The Kier molecular flexibility index (Phi) is 9.85. The smallest absolute Gasteiger partial charge is 0.00255 e. The molecule has 0 aliphatic rings. The lowest BCUT2D eigenvalue weighted by molar-refractivity contribution is 0.575. The Morgan fingerprint density at radius 1 is 0.815 bits per heavy atom. The van der Waals surface area contributed by atoms with E-state index in [4.69, 9.17) is 0 Å². The molecule has 0 saturated heterocycles. The molecule has 0 spiro atoms. The van der Waals surface area contributed by atoms with Gasteiger partial charge in [0.25, 0.3) is 0 Å². The topological polar surface area (TPSA) is 0 Å². The van der Waals surface area contributed by atoms with E-state index in [9.17, 15) is 0 Å². The van der Waals surface area contributed by atoms with E-state index in [1.165, 1.54) is 90.9 Å². The molecule has 2 aromatic carbocycles. The third-order valence-electron chi connectivity index (χ3n) is 5.35. The van der Waals surface area contributed by atoms with E-state index >= 15 is 0 Å². The summed E-state index contributed by atoms with van der Waals surface area (Å²) in [5.41, 5.74) is 6.56. The van der Waals surface area contributed by atoms with Gasteiger partial charge in [-0.25, -0.2) is 0 Å². The highest BCUT2D eigenvalue weighted by atomic mass is 31.0. The predicted molar refractivity (Wildman–Crippen MR) is 126 cm³/mol.